The summed E-state index contributed by atoms with van der Waals surface area (Å²) >= 11 is 14.6. The van der Waals surface area contributed by atoms with Crippen molar-refractivity contribution in [3.05, 3.63) is 103 Å². The number of nitrogens with one attached hydrogen (secondary N) is 1. The molecule has 1 unspecified atom stereocenters. The van der Waals surface area contributed by atoms with Crippen molar-refractivity contribution in [2.24, 2.45) is 5.73 Å². The smallest absolute Gasteiger partial charge is 0.272 e. The molecule has 3 N–H and O–H groups in total. The number of anilines is 2. The first kappa shape index (κ1) is 47.6. The molecule has 1 saturated carbocycles. The molecule has 7 rings (SSSR count). The van der Waals surface area contributed by atoms with E-state index >= 15 is 0 Å². The number of nitrogens with two attached hydrogens (primary N) is 1. The van der Waals surface area contributed by atoms with Gasteiger partial charge in [-0.05, 0) is 85.9 Å². The Morgan fingerprint density at radius 1 is 0.923 bits per heavy atom. The van der Waals surface area contributed by atoms with Crippen molar-refractivity contribution >= 4 is 75.4 Å². The average Bonchev–Trinajstić information content (AvgIpc) is 4.04. The Balaban J connectivity index is 0.845. The van der Waals surface area contributed by atoms with Gasteiger partial charge in [-0.1, -0.05) is 35.3 Å². The quantitative estimate of drug-likeness (QED) is 0.117. The molecule has 0 radical (unpaired) electrons. The monoisotopic (exact) mass is 955 g/mol. The van der Waals surface area contributed by atoms with Crippen LogP contribution in [-0.2, 0) is 32.0 Å². The standard InChI is InChI=1S/C46H50Cl2F3N7O6S/c1-27-45(62)55(14-5-15-56(27)43(61)23-30(52)20-29-22-35(50)36(51)25-34(29)49)26-41(59)53-13-16-54(2)42(60)11-8-28-21-33(48)40(24-32(28)47)64-39-12-19-65-44(39)46(63)58-18-17-57(31-9-10-31)37-6-3-4-7-38(37)58/h3-4,6-7,12,19,21-22,24-25,27,30-31H,5,8-11,13-18,20,23,26,52H2,1-2H3,(H,53,59)/t27?,30-/m1/s1. The number of fused-ring (bicyclic) bond motifs is 1. The average molecular weight is 957 g/mol. The van der Waals surface area contributed by atoms with Crippen LogP contribution in [0.15, 0.2) is 60.0 Å². The molecule has 1 aliphatic carbocycles. The highest BCUT2D eigenvalue weighted by Gasteiger charge is 2.37. The Hall–Kier alpha value is -5.36. The van der Waals surface area contributed by atoms with Gasteiger partial charge in [0.2, 0.25) is 23.6 Å². The van der Waals surface area contributed by atoms with Gasteiger partial charge in [-0.3, -0.25) is 24.0 Å². The number of halogens is 5. The van der Waals surface area contributed by atoms with Gasteiger partial charge >= 0.3 is 0 Å². The second-order valence-corrected chi connectivity index (χ2v) is 18.3. The van der Waals surface area contributed by atoms with Crippen LogP contribution in [0.3, 0.4) is 0 Å². The molecule has 3 aromatic carbocycles. The molecule has 2 aliphatic heterocycles. The fraction of sp³-hybridized carbons (Fsp3) is 0.413. The number of rotatable bonds is 16. The van der Waals surface area contributed by atoms with E-state index in [1.807, 2.05) is 18.2 Å². The molecule has 1 aromatic heterocycles. The van der Waals surface area contributed by atoms with Crippen molar-refractivity contribution in [2.75, 3.05) is 62.7 Å². The van der Waals surface area contributed by atoms with Gasteiger partial charge in [0.25, 0.3) is 5.91 Å². The Kier molecular flexibility index (Phi) is 15.3. The number of benzene rings is 3. The van der Waals surface area contributed by atoms with Gasteiger partial charge in [0.15, 0.2) is 17.4 Å². The third-order valence-electron chi connectivity index (χ3n) is 11.9. The maximum Gasteiger partial charge on any atom is 0.272 e. The molecular formula is C46H50Cl2F3N7O6S. The minimum absolute atomic E-state index is 0.0985. The zero-order chi connectivity index (χ0) is 46.5. The number of carbonyl (C=O) groups is 5. The van der Waals surface area contributed by atoms with Gasteiger partial charge in [-0.2, -0.15) is 0 Å². The molecule has 5 amide bonds. The van der Waals surface area contributed by atoms with E-state index < -0.39 is 47.3 Å². The molecule has 3 heterocycles. The van der Waals surface area contributed by atoms with Crippen LogP contribution in [0.2, 0.25) is 10.0 Å². The second kappa shape index (κ2) is 20.9. The predicted octanol–water partition coefficient (Wildman–Crippen LogP) is 6.81. The topological polar surface area (TPSA) is 149 Å². The summed E-state index contributed by atoms with van der Waals surface area (Å²) in [5, 5.41) is 5.13. The number of hydrogen-bond donors (Lipinski definition) is 2. The summed E-state index contributed by atoms with van der Waals surface area (Å²) in [7, 11) is 1.61. The molecule has 0 bridgehead atoms. The summed E-state index contributed by atoms with van der Waals surface area (Å²) in [6.07, 6.45) is 2.59. The van der Waals surface area contributed by atoms with Crippen LogP contribution >= 0.6 is 34.5 Å². The number of thiophene rings is 1. The molecule has 2 fully saturated rings. The highest BCUT2D eigenvalue weighted by atomic mass is 35.5. The van der Waals surface area contributed by atoms with Crippen LogP contribution in [0.1, 0.15) is 59.8 Å². The summed E-state index contributed by atoms with van der Waals surface area (Å²) in [4.78, 5) is 75.2. The van der Waals surface area contributed by atoms with E-state index in [9.17, 15) is 37.1 Å². The highest BCUT2D eigenvalue weighted by Crippen LogP contribution is 2.42. The normalized spacial score (nSPS) is 16.8. The van der Waals surface area contributed by atoms with E-state index in [-0.39, 0.29) is 86.6 Å². The van der Waals surface area contributed by atoms with Crippen molar-refractivity contribution < 1.29 is 41.9 Å². The number of hydrogen-bond acceptors (Lipinski definition) is 9. The first-order valence-corrected chi connectivity index (χ1v) is 23.1. The Labute approximate surface area is 389 Å². The predicted molar refractivity (Wildman–Crippen MR) is 243 cm³/mol. The van der Waals surface area contributed by atoms with Crippen molar-refractivity contribution in [2.45, 2.75) is 70.0 Å². The second-order valence-electron chi connectivity index (χ2n) is 16.5. The molecule has 0 spiro atoms. The lowest BCUT2D eigenvalue weighted by molar-refractivity contribution is -0.144. The molecule has 2 atom stereocenters. The van der Waals surface area contributed by atoms with Crippen LogP contribution in [0.5, 0.6) is 11.5 Å². The number of aryl methyl sites for hydroxylation is 1. The fourth-order valence-electron chi connectivity index (χ4n) is 8.17. The lowest BCUT2D eigenvalue weighted by Crippen LogP contribution is -2.50. The van der Waals surface area contributed by atoms with E-state index in [2.05, 4.69) is 16.3 Å². The fourth-order valence-corrected chi connectivity index (χ4v) is 9.41. The lowest BCUT2D eigenvalue weighted by atomic mass is 10.0. The third-order valence-corrected chi connectivity index (χ3v) is 13.4. The SMILES string of the molecule is CC1C(=O)N(CC(=O)NCCN(C)C(=O)CCc2cc(Cl)c(Oc3ccsc3C(=O)N3CCN(C4CC4)c4ccccc43)cc2Cl)CCCN1C(=O)C[C@H](N)Cc1cc(F)c(F)cc1F. The highest BCUT2D eigenvalue weighted by molar-refractivity contribution is 7.12. The van der Waals surface area contributed by atoms with E-state index in [4.69, 9.17) is 33.7 Å². The lowest BCUT2D eigenvalue weighted by Gasteiger charge is -2.37. The van der Waals surface area contributed by atoms with E-state index in [0.717, 1.165) is 30.8 Å². The van der Waals surface area contributed by atoms with Crippen LogP contribution in [0.4, 0.5) is 24.5 Å². The molecule has 19 heteroatoms. The number of nitrogens with zero attached hydrogens (tertiary/aromatic N) is 5. The summed E-state index contributed by atoms with van der Waals surface area (Å²) in [5.74, 6) is -4.61. The molecule has 65 heavy (non-hydrogen) atoms. The van der Waals surface area contributed by atoms with Crippen molar-refractivity contribution in [1.29, 1.82) is 0 Å². The van der Waals surface area contributed by atoms with Crippen molar-refractivity contribution in [3.63, 3.8) is 0 Å². The first-order chi connectivity index (χ1) is 31.1. The number of carbonyl (C=O) groups excluding carboxylic acids is 5. The molecule has 4 aromatic rings. The zero-order valence-corrected chi connectivity index (χ0v) is 38.3. The number of para-hydroxylation sites is 2. The Bertz CT molecular complexity index is 2460. The van der Waals surface area contributed by atoms with Crippen LogP contribution in [0, 0.1) is 17.5 Å². The van der Waals surface area contributed by atoms with Crippen molar-refractivity contribution in [3.8, 4) is 11.5 Å². The Morgan fingerprint density at radius 3 is 2.42 bits per heavy atom. The van der Waals surface area contributed by atoms with E-state index in [1.54, 1.807) is 42.5 Å². The molecule has 346 valence electrons. The van der Waals surface area contributed by atoms with E-state index in [1.165, 1.54) is 26.0 Å². The van der Waals surface area contributed by atoms with E-state index in [0.29, 0.717) is 52.4 Å². The van der Waals surface area contributed by atoms with Crippen LogP contribution in [0.25, 0.3) is 0 Å². The van der Waals surface area contributed by atoms with Crippen molar-refractivity contribution in [1.82, 2.24) is 20.0 Å². The summed E-state index contributed by atoms with van der Waals surface area (Å²) in [5.41, 5.74) is 8.45. The maximum absolute atomic E-state index is 14.1. The number of likely N-dealkylation sites (N-methyl/N-ethyl adjacent to an activating group) is 1. The summed E-state index contributed by atoms with van der Waals surface area (Å²) in [6.45, 7) is 3.33. The first-order valence-electron chi connectivity index (χ1n) is 21.5. The molecule has 3 aliphatic rings. The number of amides is 5. The van der Waals surface area contributed by atoms with Gasteiger partial charge in [-0.25, -0.2) is 13.2 Å². The summed E-state index contributed by atoms with van der Waals surface area (Å²) in [6, 6.07) is 12.7. The summed E-state index contributed by atoms with van der Waals surface area (Å²) < 4.78 is 47.3. The molecular weight excluding hydrogens is 907 g/mol. The minimum Gasteiger partial charge on any atom is -0.454 e. The van der Waals surface area contributed by atoms with Gasteiger partial charge in [0.1, 0.15) is 22.5 Å². The zero-order valence-electron chi connectivity index (χ0n) is 36.0. The van der Waals surface area contributed by atoms with Crippen LogP contribution < -0.4 is 25.6 Å². The van der Waals surface area contributed by atoms with Gasteiger partial charge in [0, 0.05) is 88.4 Å². The minimum atomic E-state index is -1.33. The number of ether oxygens (including phenoxy) is 1. The van der Waals surface area contributed by atoms with Crippen LogP contribution in [-0.4, -0.2) is 115 Å². The van der Waals surface area contributed by atoms with Gasteiger partial charge in [-0.15, -0.1) is 11.3 Å². The van der Waals surface area contributed by atoms with Gasteiger partial charge in [0.05, 0.1) is 22.9 Å². The largest absolute Gasteiger partial charge is 0.454 e. The van der Waals surface area contributed by atoms with Gasteiger partial charge < -0.3 is 40.3 Å². The molecule has 1 saturated heterocycles. The Morgan fingerprint density at radius 2 is 1.66 bits per heavy atom. The maximum atomic E-state index is 14.1. The molecule has 13 nitrogen and oxygen atoms in total. The third kappa shape index (κ3) is 11.4.